The molecule has 1 aromatic rings. The van der Waals surface area contributed by atoms with Crippen molar-refractivity contribution in [2.24, 2.45) is 5.41 Å². The SMILES string of the molecule is CC(C)(C)/C(C(=O)O)=C(/CCc1ccccc1)C(=O)O. The van der Waals surface area contributed by atoms with Crippen molar-refractivity contribution in [3.8, 4) is 0 Å². The number of benzene rings is 1. The second-order valence-electron chi connectivity index (χ2n) is 5.70. The molecular formula is C16H20O4. The van der Waals surface area contributed by atoms with Gasteiger partial charge in [-0.3, -0.25) is 0 Å². The summed E-state index contributed by atoms with van der Waals surface area (Å²) < 4.78 is 0. The van der Waals surface area contributed by atoms with Crippen LogP contribution in [0, 0.1) is 5.41 Å². The average molecular weight is 276 g/mol. The molecule has 1 aromatic carbocycles. The van der Waals surface area contributed by atoms with Gasteiger partial charge in [-0.2, -0.15) is 0 Å². The molecule has 0 bridgehead atoms. The third-order valence-corrected chi connectivity index (χ3v) is 3.03. The fourth-order valence-electron chi connectivity index (χ4n) is 2.16. The number of carbonyl (C=O) groups is 2. The van der Waals surface area contributed by atoms with E-state index in [4.69, 9.17) is 0 Å². The average Bonchev–Trinajstić information content (AvgIpc) is 2.33. The topological polar surface area (TPSA) is 74.6 Å². The van der Waals surface area contributed by atoms with E-state index in [0.717, 1.165) is 5.56 Å². The standard InChI is InChI=1S/C16H20O4/c1-16(2,3)13(15(19)20)12(14(17)18)10-9-11-7-5-4-6-8-11/h4-8H,9-10H2,1-3H3,(H,17,18)(H,19,20)/b13-12-. The van der Waals surface area contributed by atoms with Gasteiger partial charge in [-0.05, 0) is 23.8 Å². The Bertz CT molecular complexity index is 521. The maximum Gasteiger partial charge on any atom is 0.332 e. The van der Waals surface area contributed by atoms with E-state index >= 15 is 0 Å². The van der Waals surface area contributed by atoms with Crippen LogP contribution in [0.4, 0.5) is 0 Å². The van der Waals surface area contributed by atoms with Crippen molar-refractivity contribution in [2.75, 3.05) is 0 Å². The van der Waals surface area contributed by atoms with Crippen molar-refractivity contribution in [1.29, 1.82) is 0 Å². The van der Waals surface area contributed by atoms with Gasteiger partial charge in [0, 0.05) is 5.57 Å². The molecule has 0 aliphatic rings. The van der Waals surface area contributed by atoms with Crippen molar-refractivity contribution in [2.45, 2.75) is 33.6 Å². The number of hydrogen-bond acceptors (Lipinski definition) is 2. The molecule has 4 nitrogen and oxygen atoms in total. The lowest BCUT2D eigenvalue weighted by Gasteiger charge is -2.22. The zero-order valence-electron chi connectivity index (χ0n) is 12.0. The number of rotatable bonds is 5. The van der Waals surface area contributed by atoms with Gasteiger partial charge in [0.2, 0.25) is 0 Å². The van der Waals surface area contributed by atoms with Gasteiger partial charge in [0.25, 0.3) is 0 Å². The quantitative estimate of drug-likeness (QED) is 0.810. The first-order valence-electron chi connectivity index (χ1n) is 6.47. The Labute approximate surface area is 118 Å². The van der Waals surface area contributed by atoms with E-state index in [1.165, 1.54) is 0 Å². The Kier molecular flexibility index (Phi) is 5.08. The Hall–Kier alpha value is -2.10. The summed E-state index contributed by atoms with van der Waals surface area (Å²) in [7, 11) is 0. The molecule has 2 N–H and O–H groups in total. The molecule has 0 saturated heterocycles. The van der Waals surface area contributed by atoms with Gasteiger partial charge < -0.3 is 10.2 Å². The van der Waals surface area contributed by atoms with Crippen LogP contribution >= 0.6 is 0 Å². The lowest BCUT2D eigenvalue weighted by Crippen LogP contribution is -2.23. The molecule has 0 amide bonds. The third-order valence-electron chi connectivity index (χ3n) is 3.03. The second kappa shape index (κ2) is 6.37. The summed E-state index contributed by atoms with van der Waals surface area (Å²) in [5.41, 5.74) is 0.232. The van der Waals surface area contributed by atoms with Crippen molar-refractivity contribution in [3.63, 3.8) is 0 Å². The molecule has 0 aliphatic heterocycles. The Balaban J connectivity index is 3.10. The van der Waals surface area contributed by atoms with E-state index in [1.807, 2.05) is 30.3 Å². The van der Waals surface area contributed by atoms with Gasteiger partial charge in [0.15, 0.2) is 0 Å². The summed E-state index contributed by atoms with van der Waals surface area (Å²) in [5.74, 6) is -2.32. The summed E-state index contributed by atoms with van der Waals surface area (Å²) in [4.78, 5) is 22.8. The van der Waals surface area contributed by atoms with Gasteiger partial charge in [-0.1, -0.05) is 51.1 Å². The van der Waals surface area contributed by atoms with Crippen LogP contribution in [0.5, 0.6) is 0 Å². The van der Waals surface area contributed by atoms with Gasteiger partial charge >= 0.3 is 11.9 Å². The van der Waals surface area contributed by atoms with Crippen LogP contribution in [-0.4, -0.2) is 22.2 Å². The molecule has 0 aromatic heterocycles. The summed E-state index contributed by atoms with van der Waals surface area (Å²) in [5, 5.41) is 18.6. The number of aryl methyl sites for hydroxylation is 1. The van der Waals surface area contributed by atoms with Crippen LogP contribution in [0.15, 0.2) is 41.5 Å². The molecule has 1 rings (SSSR count). The molecule has 20 heavy (non-hydrogen) atoms. The number of hydrogen-bond donors (Lipinski definition) is 2. The number of carboxylic acids is 2. The normalized spacial score (nSPS) is 12.8. The van der Waals surface area contributed by atoms with E-state index in [9.17, 15) is 19.8 Å². The highest BCUT2D eigenvalue weighted by Gasteiger charge is 2.30. The monoisotopic (exact) mass is 276 g/mol. The van der Waals surface area contributed by atoms with E-state index in [2.05, 4.69) is 0 Å². The van der Waals surface area contributed by atoms with E-state index in [1.54, 1.807) is 20.8 Å². The highest BCUT2D eigenvalue weighted by atomic mass is 16.4. The molecule has 0 radical (unpaired) electrons. The van der Waals surface area contributed by atoms with Gasteiger partial charge in [0.05, 0.1) is 5.57 Å². The van der Waals surface area contributed by atoms with Crippen LogP contribution in [-0.2, 0) is 16.0 Å². The molecule has 0 unspecified atom stereocenters. The van der Waals surface area contributed by atoms with Crippen LogP contribution in [0.2, 0.25) is 0 Å². The smallest absolute Gasteiger partial charge is 0.332 e. The minimum absolute atomic E-state index is 0.0196. The molecule has 4 heteroatoms. The Morgan fingerprint density at radius 1 is 1.00 bits per heavy atom. The summed E-state index contributed by atoms with van der Waals surface area (Å²) in [6.07, 6.45) is 0.716. The van der Waals surface area contributed by atoms with E-state index < -0.39 is 17.4 Å². The minimum Gasteiger partial charge on any atom is -0.478 e. The first-order valence-corrected chi connectivity index (χ1v) is 6.47. The highest BCUT2D eigenvalue weighted by molar-refractivity contribution is 5.99. The Morgan fingerprint density at radius 2 is 1.55 bits per heavy atom. The lowest BCUT2D eigenvalue weighted by atomic mass is 9.82. The number of carboxylic acid groups (broad SMARTS) is 2. The van der Waals surface area contributed by atoms with Crippen molar-refractivity contribution >= 4 is 11.9 Å². The first kappa shape index (κ1) is 16.0. The number of aliphatic carboxylic acids is 2. The van der Waals surface area contributed by atoms with Gasteiger partial charge in [-0.25, -0.2) is 9.59 Å². The zero-order valence-corrected chi connectivity index (χ0v) is 12.0. The molecule has 0 heterocycles. The van der Waals surface area contributed by atoms with Crippen molar-refractivity contribution < 1.29 is 19.8 Å². The first-order chi connectivity index (χ1) is 9.23. The molecule has 108 valence electrons. The molecule has 0 saturated carbocycles. The van der Waals surface area contributed by atoms with E-state index in [-0.39, 0.29) is 17.6 Å². The predicted octanol–water partition coefficient (Wildman–Crippen LogP) is 3.13. The van der Waals surface area contributed by atoms with Gasteiger partial charge in [0.1, 0.15) is 0 Å². The molecule has 0 spiro atoms. The zero-order chi connectivity index (χ0) is 15.3. The van der Waals surface area contributed by atoms with Crippen LogP contribution in [0.3, 0.4) is 0 Å². The predicted molar refractivity (Wildman–Crippen MR) is 76.5 cm³/mol. The molecule has 0 aliphatic carbocycles. The van der Waals surface area contributed by atoms with Crippen LogP contribution in [0.25, 0.3) is 0 Å². The summed E-state index contributed by atoms with van der Waals surface area (Å²) >= 11 is 0. The van der Waals surface area contributed by atoms with Crippen LogP contribution < -0.4 is 0 Å². The second-order valence-corrected chi connectivity index (χ2v) is 5.70. The largest absolute Gasteiger partial charge is 0.478 e. The molecule has 0 atom stereocenters. The molecule has 0 fully saturated rings. The Morgan fingerprint density at radius 3 is 1.95 bits per heavy atom. The summed E-state index contributed by atoms with van der Waals surface area (Å²) in [6, 6.07) is 9.44. The van der Waals surface area contributed by atoms with Crippen LogP contribution in [0.1, 0.15) is 32.8 Å². The van der Waals surface area contributed by atoms with Gasteiger partial charge in [-0.15, -0.1) is 0 Å². The maximum absolute atomic E-state index is 11.4. The molecular weight excluding hydrogens is 256 g/mol. The fourth-order valence-corrected chi connectivity index (χ4v) is 2.16. The van der Waals surface area contributed by atoms with Crippen molar-refractivity contribution in [1.82, 2.24) is 0 Å². The maximum atomic E-state index is 11.4. The lowest BCUT2D eigenvalue weighted by molar-refractivity contribution is -0.137. The minimum atomic E-state index is -1.16. The van der Waals surface area contributed by atoms with Crippen molar-refractivity contribution in [3.05, 3.63) is 47.0 Å². The fraction of sp³-hybridized carbons (Fsp3) is 0.375. The third kappa shape index (κ3) is 4.23. The van der Waals surface area contributed by atoms with E-state index in [0.29, 0.717) is 6.42 Å². The summed E-state index contributed by atoms with van der Waals surface area (Å²) in [6.45, 7) is 5.13. The highest BCUT2D eigenvalue weighted by Crippen LogP contribution is 2.30.